The maximum atomic E-state index is 14.4. The minimum atomic E-state index is -0.766. The fourth-order valence-electron chi connectivity index (χ4n) is 4.76. The Morgan fingerprint density at radius 1 is 1.12 bits per heavy atom. The van der Waals surface area contributed by atoms with E-state index in [1.165, 1.54) is 6.07 Å². The van der Waals surface area contributed by atoms with Gasteiger partial charge in [-0.3, -0.25) is 9.78 Å². The fraction of sp³-hybridized carbons (Fsp3) is 0.333. The van der Waals surface area contributed by atoms with Crippen LogP contribution in [0.15, 0.2) is 54.6 Å². The summed E-state index contributed by atoms with van der Waals surface area (Å²) in [7, 11) is 1.55. The van der Waals surface area contributed by atoms with Crippen LogP contribution in [-0.4, -0.2) is 23.2 Å². The fourth-order valence-corrected chi connectivity index (χ4v) is 4.76. The third kappa shape index (κ3) is 4.56. The van der Waals surface area contributed by atoms with Gasteiger partial charge in [0.05, 0.1) is 19.2 Å². The molecule has 2 atom stereocenters. The summed E-state index contributed by atoms with van der Waals surface area (Å²) in [5.41, 5.74) is 3.94. The van der Waals surface area contributed by atoms with Crippen molar-refractivity contribution in [1.82, 2.24) is 4.98 Å². The number of hydrogen-bond acceptors (Lipinski definition) is 4. The second kappa shape index (κ2) is 8.85. The molecule has 5 rings (SSSR count). The first-order valence-corrected chi connectivity index (χ1v) is 11.3. The van der Waals surface area contributed by atoms with Crippen LogP contribution in [0.5, 0.6) is 11.5 Å². The lowest BCUT2D eigenvalue weighted by Crippen LogP contribution is -2.09. The minimum Gasteiger partial charge on any atom is -0.497 e. The first-order valence-electron chi connectivity index (χ1n) is 11.3. The highest BCUT2D eigenvalue weighted by atomic mass is 19.1. The number of fused-ring (bicyclic) bond motifs is 1. The predicted octanol–water partition coefficient (Wildman–Crippen LogP) is 5.93. The Morgan fingerprint density at radius 2 is 1.97 bits per heavy atom. The van der Waals surface area contributed by atoms with E-state index in [2.05, 4.69) is 0 Å². The molecule has 2 aliphatic carbocycles. The summed E-state index contributed by atoms with van der Waals surface area (Å²) in [6, 6.07) is 16.3. The standard InChI is InChI=1S/C27H26FNO4/c1-32-18-7-9-23(28)22(14-18)25-10-8-20-24(29-25)11-12-26(20)33-19-4-2-3-17(13-19)21(15-27(30)31)16-5-6-16/h2-4,7-10,13-14,16,21,26H,5-6,11-12,15H2,1H3,(H,30,31). The first-order chi connectivity index (χ1) is 16.0. The van der Waals surface area contributed by atoms with Gasteiger partial charge in [-0.1, -0.05) is 18.2 Å². The zero-order valence-corrected chi connectivity index (χ0v) is 18.5. The van der Waals surface area contributed by atoms with Crippen molar-refractivity contribution in [2.75, 3.05) is 7.11 Å². The van der Waals surface area contributed by atoms with Gasteiger partial charge in [0.1, 0.15) is 23.4 Å². The zero-order chi connectivity index (χ0) is 22.9. The Labute approximate surface area is 192 Å². The molecule has 6 heteroatoms. The third-order valence-corrected chi connectivity index (χ3v) is 6.60. The van der Waals surface area contributed by atoms with Gasteiger partial charge < -0.3 is 14.6 Å². The maximum absolute atomic E-state index is 14.4. The van der Waals surface area contributed by atoms with E-state index in [1.54, 1.807) is 19.2 Å². The zero-order valence-electron chi connectivity index (χ0n) is 18.5. The molecule has 1 N–H and O–H groups in total. The molecule has 170 valence electrons. The molecule has 0 spiro atoms. The van der Waals surface area contributed by atoms with E-state index in [0.717, 1.165) is 48.3 Å². The number of methoxy groups -OCH3 is 1. The van der Waals surface area contributed by atoms with Crippen LogP contribution in [0, 0.1) is 11.7 Å². The molecule has 1 fully saturated rings. The van der Waals surface area contributed by atoms with Gasteiger partial charge in [-0.25, -0.2) is 4.39 Å². The number of hydrogen-bond donors (Lipinski definition) is 1. The van der Waals surface area contributed by atoms with Crippen LogP contribution in [0.1, 0.15) is 54.5 Å². The maximum Gasteiger partial charge on any atom is 0.303 e. The van der Waals surface area contributed by atoms with Gasteiger partial charge in [-0.05, 0) is 79.5 Å². The van der Waals surface area contributed by atoms with Crippen molar-refractivity contribution in [2.45, 2.75) is 44.1 Å². The quantitative estimate of drug-likeness (QED) is 0.463. The molecule has 5 nitrogen and oxygen atoms in total. The lowest BCUT2D eigenvalue weighted by atomic mass is 9.91. The summed E-state index contributed by atoms with van der Waals surface area (Å²) in [4.78, 5) is 16.1. The summed E-state index contributed by atoms with van der Waals surface area (Å²) in [5.74, 6) is 0.702. The molecule has 0 bridgehead atoms. The van der Waals surface area contributed by atoms with Crippen LogP contribution in [-0.2, 0) is 11.2 Å². The molecule has 1 heterocycles. The van der Waals surface area contributed by atoms with E-state index in [4.69, 9.17) is 14.5 Å². The number of aryl methyl sites for hydroxylation is 1. The van der Waals surface area contributed by atoms with Gasteiger partial charge in [0.15, 0.2) is 0 Å². The Hall–Kier alpha value is -3.41. The van der Waals surface area contributed by atoms with Gasteiger partial charge in [0.2, 0.25) is 0 Å². The topological polar surface area (TPSA) is 68.7 Å². The Balaban J connectivity index is 1.36. The molecular formula is C27H26FNO4. The van der Waals surface area contributed by atoms with Crippen molar-refractivity contribution in [3.8, 4) is 22.8 Å². The number of pyridine rings is 1. The molecule has 2 aliphatic rings. The van der Waals surface area contributed by atoms with Crippen molar-refractivity contribution in [2.24, 2.45) is 5.92 Å². The number of aliphatic carboxylic acids is 1. The van der Waals surface area contributed by atoms with Gasteiger partial charge >= 0.3 is 5.97 Å². The van der Waals surface area contributed by atoms with Crippen molar-refractivity contribution < 1.29 is 23.8 Å². The second-order valence-electron chi connectivity index (χ2n) is 8.84. The number of rotatable bonds is 8. The van der Waals surface area contributed by atoms with E-state index in [9.17, 15) is 14.3 Å². The number of carboxylic acids is 1. The molecule has 1 aromatic heterocycles. The van der Waals surface area contributed by atoms with Crippen LogP contribution in [0.3, 0.4) is 0 Å². The Kier molecular flexibility index (Phi) is 5.75. The highest BCUT2D eigenvalue weighted by Crippen LogP contribution is 2.45. The van der Waals surface area contributed by atoms with Crippen molar-refractivity contribution in [3.05, 3.63) is 77.2 Å². The van der Waals surface area contributed by atoms with Gasteiger partial charge in [-0.15, -0.1) is 0 Å². The molecular weight excluding hydrogens is 421 g/mol. The summed E-state index contributed by atoms with van der Waals surface area (Å²) in [5, 5.41) is 9.31. The van der Waals surface area contributed by atoms with Gasteiger partial charge in [-0.2, -0.15) is 0 Å². The van der Waals surface area contributed by atoms with E-state index >= 15 is 0 Å². The van der Waals surface area contributed by atoms with Crippen molar-refractivity contribution in [1.29, 1.82) is 0 Å². The summed E-state index contributed by atoms with van der Waals surface area (Å²) in [6.45, 7) is 0. The summed E-state index contributed by atoms with van der Waals surface area (Å²) < 4.78 is 25.9. The Morgan fingerprint density at radius 3 is 2.73 bits per heavy atom. The number of carboxylic acid groups (broad SMARTS) is 1. The van der Waals surface area contributed by atoms with E-state index < -0.39 is 5.97 Å². The highest BCUT2D eigenvalue weighted by molar-refractivity contribution is 5.68. The molecule has 1 saturated carbocycles. The van der Waals surface area contributed by atoms with Crippen LogP contribution in [0.4, 0.5) is 4.39 Å². The highest BCUT2D eigenvalue weighted by Gasteiger charge is 2.34. The molecule has 2 unspecified atom stereocenters. The van der Waals surface area contributed by atoms with E-state index in [-0.39, 0.29) is 24.3 Å². The largest absolute Gasteiger partial charge is 0.497 e. The molecule has 0 saturated heterocycles. The number of benzene rings is 2. The molecule has 3 aromatic rings. The molecule has 0 radical (unpaired) electrons. The average molecular weight is 448 g/mol. The first kappa shape index (κ1) is 21.4. The van der Waals surface area contributed by atoms with Crippen LogP contribution < -0.4 is 9.47 Å². The number of ether oxygens (including phenoxy) is 2. The lowest BCUT2D eigenvalue weighted by molar-refractivity contribution is -0.137. The molecule has 0 amide bonds. The lowest BCUT2D eigenvalue weighted by Gasteiger charge is -2.18. The predicted molar refractivity (Wildman–Crippen MR) is 122 cm³/mol. The van der Waals surface area contributed by atoms with E-state index in [1.807, 2.05) is 36.4 Å². The monoisotopic (exact) mass is 447 g/mol. The van der Waals surface area contributed by atoms with Crippen LogP contribution >= 0.6 is 0 Å². The number of aromatic nitrogens is 1. The number of nitrogens with zero attached hydrogens (tertiary/aromatic N) is 1. The summed E-state index contributed by atoms with van der Waals surface area (Å²) >= 11 is 0. The SMILES string of the molecule is COc1ccc(F)c(-c2ccc3c(n2)CCC3Oc2cccc(C(CC(=O)O)C3CC3)c2)c1. The second-order valence-corrected chi connectivity index (χ2v) is 8.84. The van der Waals surface area contributed by atoms with Crippen LogP contribution in [0.25, 0.3) is 11.3 Å². The third-order valence-electron chi connectivity index (χ3n) is 6.60. The van der Waals surface area contributed by atoms with Gasteiger partial charge in [0.25, 0.3) is 0 Å². The molecule has 33 heavy (non-hydrogen) atoms. The van der Waals surface area contributed by atoms with Crippen molar-refractivity contribution >= 4 is 5.97 Å². The van der Waals surface area contributed by atoms with Crippen LogP contribution in [0.2, 0.25) is 0 Å². The average Bonchev–Trinajstić information content (AvgIpc) is 3.59. The normalized spacial score (nSPS) is 17.9. The Bertz CT molecular complexity index is 1190. The minimum absolute atomic E-state index is 0.0314. The van der Waals surface area contributed by atoms with Gasteiger partial charge in [0, 0.05) is 16.8 Å². The number of carbonyl (C=O) groups is 1. The molecule has 0 aliphatic heterocycles. The number of halogens is 1. The smallest absolute Gasteiger partial charge is 0.303 e. The van der Waals surface area contributed by atoms with E-state index in [0.29, 0.717) is 22.9 Å². The molecule has 2 aromatic carbocycles. The van der Waals surface area contributed by atoms with Crippen molar-refractivity contribution in [3.63, 3.8) is 0 Å². The summed E-state index contributed by atoms with van der Waals surface area (Å²) in [6.07, 6.45) is 3.72.